The van der Waals surface area contributed by atoms with Crippen molar-refractivity contribution in [3.05, 3.63) is 70.0 Å². The Balaban J connectivity index is 2.52. The summed E-state index contributed by atoms with van der Waals surface area (Å²) in [5, 5.41) is 1.60. The number of hydrogen-bond acceptors (Lipinski definition) is 2. The second-order valence-electron chi connectivity index (χ2n) is 5.49. The Hall–Kier alpha value is -2.13. The lowest BCUT2D eigenvalue weighted by Crippen LogP contribution is -2.25. The highest BCUT2D eigenvalue weighted by molar-refractivity contribution is 6.30. The monoisotopic (exact) mass is 325 g/mol. The maximum absolute atomic E-state index is 12.9. The molecule has 2 aromatic heterocycles. The molecule has 3 nitrogen and oxygen atoms in total. The van der Waals surface area contributed by atoms with Gasteiger partial charge < -0.3 is 0 Å². The van der Waals surface area contributed by atoms with E-state index in [1.54, 1.807) is 4.57 Å². The maximum atomic E-state index is 12.9. The summed E-state index contributed by atoms with van der Waals surface area (Å²) in [7, 11) is 0. The van der Waals surface area contributed by atoms with Crippen LogP contribution in [0.1, 0.15) is 18.2 Å². The molecule has 3 rings (SSSR count). The van der Waals surface area contributed by atoms with Gasteiger partial charge in [0, 0.05) is 33.8 Å². The van der Waals surface area contributed by atoms with Gasteiger partial charge in [0.05, 0.1) is 0 Å². The van der Waals surface area contributed by atoms with Gasteiger partial charge in [-0.05, 0) is 57.0 Å². The number of halogens is 1. The van der Waals surface area contributed by atoms with E-state index in [2.05, 4.69) is 11.9 Å². The van der Waals surface area contributed by atoms with E-state index in [0.29, 0.717) is 29.2 Å². The third kappa shape index (κ3) is 2.66. The Bertz CT molecular complexity index is 944. The predicted octanol–water partition coefficient (Wildman–Crippen LogP) is 4.42. The summed E-state index contributed by atoms with van der Waals surface area (Å²) in [6.07, 6.45) is 0.421. The SMILES string of the molecule is [CH2]Cc1c(-c2cccc(Cl)c2)c2ccc(C)nc2n(CC)c1=O. The summed E-state index contributed by atoms with van der Waals surface area (Å²) in [5.74, 6) is 0. The molecule has 0 aliphatic carbocycles. The minimum absolute atomic E-state index is 0.0249. The normalized spacial score (nSPS) is 11.1. The molecule has 0 atom stereocenters. The molecular weight excluding hydrogens is 308 g/mol. The second-order valence-corrected chi connectivity index (χ2v) is 5.92. The number of aryl methyl sites for hydroxylation is 2. The van der Waals surface area contributed by atoms with E-state index in [4.69, 9.17) is 11.6 Å². The molecule has 23 heavy (non-hydrogen) atoms. The van der Waals surface area contributed by atoms with Crippen molar-refractivity contribution in [3.63, 3.8) is 0 Å². The average Bonchev–Trinajstić information content (AvgIpc) is 2.53. The van der Waals surface area contributed by atoms with Crippen LogP contribution in [-0.2, 0) is 13.0 Å². The zero-order chi connectivity index (χ0) is 16.6. The smallest absolute Gasteiger partial charge is 0.256 e. The summed E-state index contributed by atoms with van der Waals surface area (Å²) in [4.78, 5) is 17.5. The second kappa shape index (κ2) is 6.17. The fourth-order valence-electron chi connectivity index (χ4n) is 2.97. The van der Waals surface area contributed by atoms with Crippen LogP contribution < -0.4 is 5.56 Å². The maximum Gasteiger partial charge on any atom is 0.256 e. The van der Waals surface area contributed by atoms with Crippen LogP contribution in [0.3, 0.4) is 0 Å². The first kappa shape index (κ1) is 15.8. The van der Waals surface area contributed by atoms with Gasteiger partial charge in [0.15, 0.2) is 0 Å². The van der Waals surface area contributed by atoms with Crippen LogP contribution >= 0.6 is 11.6 Å². The third-order valence-corrected chi connectivity index (χ3v) is 4.26. The van der Waals surface area contributed by atoms with Crippen LogP contribution in [0.25, 0.3) is 22.2 Å². The largest absolute Gasteiger partial charge is 0.293 e. The number of rotatable bonds is 3. The van der Waals surface area contributed by atoms with Crippen molar-refractivity contribution in [2.45, 2.75) is 26.8 Å². The molecule has 0 bridgehead atoms. The third-order valence-electron chi connectivity index (χ3n) is 4.02. The van der Waals surface area contributed by atoms with Crippen LogP contribution in [0.5, 0.6) is 0 Å². The van der Waals surface area contributed by atoms with Crippen molar-refractivity contribution in [2.75, 3.05) is 0 Å². The number of nitrogens with zero attached hydrogens (tertiary/aromatic N) is 2. The molecule has 0 aliphatic heterocycles. The van der Waals surface area contributed by atoms with Crippen molar-refractivity contribution in [1.29, 1.82) is 0 Å². The minimum atomic E-state index is -0.0249. The van der Waals surface area contributed by atoms with E-state index in [1.165, 1.54) is 0 Å². The standard InChI is InChI=1S/C19H18ClN2O/c1-4-15-17(13-7-6-8-14(20)11-13)16-10-9-12(3)21-18(16)22(5-2)19(15)23/h6-11H,1,4-5H2,2-3H3. The fourth-order valence-corrected chi connectivity index (χ4v) is 3.16. The Morgan fingerprint density at radius 2 is 2.04 bits per heavy atom. The zero-order valence-electron chi connectivity index (χ0n) is 13.3. The quantitative estimate of drug-likeness (QED) is 0.714. The van der Waals surface area contributed by atoms with E-state index in [0.717, 1.165) is 22.2 Å². The first-order valence-corrected chi connectivity index (χ1v) is 8.02. The van der Waals surface area contributed by atoms with Crippen LogP contribution in [-0.4, -0.2) is 9.55 Å². The lowest BCUT2D eigenvalue weighted by Gasteiger charge is -2.16. The van der Waals surface area contributed by atoms with Gasteiger partial charge in [-0.3, -0.25) is 9.36 Å². The van der Waals surface area contributed by atoms with E-state index < -0.39 is 0 Å². The molecule has 2 heterocycles. The van der Waals surface area contributed by atoms with Gasteiger partial charge in [0.25, 0.3) is 5.56 Å². The van der Waals surface area contributed by atoms with Gasteiger partial charge in [-0.15, -0.1) is 0 Å². The van der Waals surface area contributed by atoms with Crippen molar-refractivity contribution in [3.8, 4) is 11.1 Å². The minimum Gasteiger partial charge on any atom is -0.293 e. The fraction of sp³-hybridized carbons (Fsp3) is 0.211. The van der Waals surface area contributed by atoms with Gasteiger partial charge in [0.2, 0.25) is 0 Å². The highest BCUT2D eigenvalue weighted by atomic mass is 35.5. The van der Waals surface area contributed by atoms with Gasteiger partial charge in [0.1, 0.15) is 5.65 Å². The Kier molecular flexibility index (Phi) is 4.22. The number of hydrogen-bond donors (Lipinski definition) is 0. The highest BCUT2D eigenvalue weighted by Crippen LogP contribution is 2.31. The number of aromatic nitrogens is 2. The molecule has 0 saturated heterocycles. The lowest BCUT2D eigenvalue weighted by atomic mass is 9.95. The van der Waals surface area contributed by atoms with Crippen molar-refractivity contribution >= 4 is 22.6 Å². The molecule has 4 heteroatoms. The topological polar surface area (TPSA) is 34.9 Å². The number of fused-ring (bicyclic) bond motifs is 1. The Morgan fingerprint density at radius 3 is 2.70 bits per heavy atom. The molecule has 3 aromatic rings. The summed E-state index contributed by atoms with van der Waals surface area (Å²) in [6, 6.07) is 11.6. The van der Waals surface area contributed by atoms with Gasteiger partial charge in [-0.2, -0.15) is 0 Å². The van der Waals surface area contributed by atoms with E-state index in [9.17, 15) is 4.79 Å². The van der Waals surface area contributed by atoms with Crippen molar-refractivity contribution in [2.24, 2.45) is 0 Å². The molecule has 0 fully saturated rings. The molecule has 0 spiro atoms. The van der Waals surface area contributed by atoms with Crippen molar-refractivity contribution < 1.29 is 0 Å². The number of pyridine rings is 2. The molecule has 1 aromatic carbocycles. The van der Waals surface area contributed by atoms with E-state index >= 15 is 0 Å². The summed E-state index contributed by atoms with van der Waals surface area (Å²) >= 11 is 6.15. The molecule has 117 valence electrons. The highest BCUT2D eigenvalue weighted by Gasteiger charge is 2.17. The predicted molar refractivity (Wildman–Crippen MR) is 95.9 cm³/mol. The first-order valence-electron chi connectivity index (χ1n) is 7.65. The molecule has 0 N–H and O–H groups in total. The molecule has 1 radical (unpaired) electrons. The molecule has 0 amide bonds. The Labute approximate surface area is 140 Å². The van der Waals surface area contributed by atoms with E-state index in [-0.39, 0.29) is 5.56 Å². The summed E-state index contributed by atoms with van der Waals surface area (Å²) in [6.45, 7) is 8.42. The van der Waals surface area contributed by atoms with E-state index in [1.807, 2.05) is 50.2 Å². The van der Waals surface area contributed by atoms with Gasteiger partial charge in [-0.25, -0.2) is 4.98 Å². The molecule has 0 aliphatic rings. The van der Waals surface area contributed by atoms with Crippen molar-refractivity contribution in [1.82, 2.24) is 9.55 Å². The summed E-state index contributed by atoms with van der Waals surface area (Å²) in [5.41, 5.74) is 4.09. The molecular formula is C19H18ClN2O. The van der Waals surface area contributed by atoms with Crippen LogP contribution in [0, 0.1) is 13.8 Å². The summed E-state index contributed by atoms with van der Waals surface area (Å²) < 4.78 is 1.72. The first-order chi connectivity index (χ1) is 11.1. The van der Waals surface area contributed by atoms with Crippen LogP contribution in [0.4, 0.5) is 0 Å². The average molecular weight is 326 g/mol. The van der Waals surface area contributed by atoms with Gasteiger partial charge in [-0.1, -0.05) is 23.7 Å². The molecule has 0 saturated carbocycles. The van der Waals surface area contributed by atoms with Crippen LogP contribution in [0.2, 0.25) is 5.02 Å². The molecule has 0 unspecified atom stereocenters. The van der Waals surface area contributed by atoms with Gasteiger partial charge >= 0.3 is 0 Å². The number of benzene rings is 1. The lowest BCUT2D eigenvalue weighted by molar-refractivity contribution is 0.740. The van der Waals surface area contributed by atoms with Crippen LogP contribution in [0.15, 0.2) is 41.2 Å². The zero-order valence-corrected chi connectivity index (χ0v) is 14.0. The Morgan fingerprint density at radius 1 is 1.26 bits per heavy atom.